The number of nitrogens with zero attached hydrogens (tertiary/aromatic N) is 2. The van der Waals surface area contributed by atoms with Crippen LogP contribution in [0.1, 0.15) is 29.5 Å². The minimum Gasteiger partial charge on any atom is -0.420 e. The molecule has 0 fully saturated rings. The molecular formula is C21H17BrN4O. The lowest BCUT2D eigenvalue weighted by Crippen LogP contribution is -2.21. The van der Waals surface area contributed by atoms with Gasteiger partial charge in [-0.25, -0.2) is 0 Å². The molecule has 2 aromatic carbocycles. The van der Waals surface area contributed by atoms with E-state index in [1.54, 1.807) is 0 Å². The molecule has 0 aliphatic carbocycles. The summed E-state index contributed by atoms with van der Waals surface area (Å²) in [7, 11) is 0. The van der Waals surface area contributed by atoms with Crippen molar-refractivity contribution in [2.24, 2.45) is 5.73 Å². The van der Waals surface area contributed by atoms with Gasteiger partial charge in [0.1, 0.15) is 11.6 Å². The van der Waals surface area contributed by atoms with Crippen LogP contribution in [0.5, 0.6) is 5.88 Å². The monoisotopic (exact) mass is 420 g/mol. The molecule has 1 aliphatic rings. The molecule has 5 nitrogen and oxygen atoms in total. The maximum atomic E-state index is 9.75. The second-order valence-electron chi connectivity index (χ2n) is 6.34. The summed E-state index contributed by atoms with van der Waals surface area (Å²) in [5.74, 6) is 0.180. The van der Waals surface area contributed by atoms with Crippen molar-refractivity contribution in [1.82, 2.24) is 10.2 Å². The number of benzene rings is 2. The Kier molecular flexibility index (Phi) is 4.46. The number of nitriles is 1. The molecule has 0 radical (unpaired) electrons. The quantitative estimate of drug-likeness (QED) is 0.646. The number of aromatic amines is 1. The maximum absolute atomic E-state index is 9.75. The number of aromatic nitrogens is 2. The Hall–Kier alpha value is -3.04. The number of hydrogen-bond donors (Lipinski definition) is 2. The Morgan fingerprint density at radius 3 is 2.52 bits per heavy atom. The van der Waals surface area contributed by atoms with Crippen molar-refractivity contribution in [2.45, 2.75) is 19.3 Å². The first kappa shape index (κ1) is 17.4. The molecule has 4 rings (SSSR count). The number of nitrogens with one attached hydrogen (secondary N) is 1. The molecule has 6 heteroatoms. The van der Waals surface area contributed by atoms with Gasteiger partial charge < -0.3 is 10.5 Å². The summed E-state index contributed by atoms with van der Waals surface area (Å²) in [6.45, 7) is 2.11. The van der Waals surface area contributed by atoms with Crippen molar-refractivity contribution in [1.29, 1.82) is 5.26 Å². The zero-order valence-corrected chi connectivity index (χ0v) is 16.2. The van der Waals surface area contributed by atoms with Gasteiger partial charge in [-0.1, -0.05) is 59.3 Å². The molecular weight excluding hydrogens is 404 g/mol. The van der Waals surface area contributed by atoms with Crippen LogP contribution in [-0.4, -0.2) is 10.2 Å². The summed E-state index contributed by atoms with van der Waals surface area (Å²) in [5, 5.41) is 17.1. The average Bonchev–Trinajstić information content (AvgIpc) is 3.11. The summed E-state index contributed by atoms with van der Waals surface area (Å²) < 4.78 is 6.63. The summed E-state index contributed by atoms with van der Waals surface area (Å²) in [6, 6.07) is 18.4. The second kappa shape index (κ2) is 6.93. The Morgan fingerprint density at radius 2 is 1.89 bits per heavy atom. The first-order chi connectivity index (χ1) is 13.1. The zero-order valence-electron chi connectivity index (χ0n) is 14.7. The van der Waals surface area contributed by atoms with E-state index in [0.29, 0.717) is 11.5 Å². The van der Waals surface area contributed by atoms with Gasteiger partial charge in [0.2, 0.25) is 11.8 Å². The number of halogens is 1. The number of fused-ring (bicyclic) bond motifs is 1. The standard InChI is InChI=1S/C21H17BrN4O/c1-2-12-3-5-13(6-4-12)17-16(11-23)20(24)27-21-18(17)19(25-26-21)14-7-9-15(22)10-8-14/h3-10,17H,2,24H2,1H3,(H,25,26)/t17-/m0/s1. The molecule has 134 valence electrons. The van der Waals surface area contributed by atoms with Crippen LogP contribution in [0.2, 0.25) is 0 Å². The van der Waals surface area contributed by atoms with Crippen molar-refractivity contribution < 1.29 is 4.74 Å². The van der Waals surface area contributed by atoms with Crippen LogP contribution >= 0.6 is 15.9 Å². The summed E-state index contributed by atoms with van der Waals surface area (Å²) >= 11 is 3.46. The summed E-state index contributed by atoms with van der Waals surface area (Å²) in [5.41, 5.74) is 11.3. The molecule has 2 heterocycles. The highest BCUT2D eigenvalue weighted by Crippen LogP contribution is 2.45. The number of ether oxygens (including phenoxy) is 1. The number of allylic oxidation sites excluding steroid dienone is 1. The van der Waals surface area contributed by atoms with Crippen LogP contribution < -0.4 is 10.5 Å². The predicted octanol–water partition coefficient (Wildman–Crippen LogP) is 4.62. The number of aryl methyl sites for hydroxylation is 1. The van der Waals surface area contributed by atoms with E-state index in [9.17, 15) is 5.26 Å². The van der Waals surface area contributed by atoms with E-state index in [4.69, 9.17) is 10.5 Å². The molecule has 0 bridgehead atoms. The van der Waals surface area contributed by atoms with Crippen LogP contribution in [0.4, 0.5) is 0 Å². The lowest BCUT2D eigenvalue weighted by molar-refractivity contribution is 0.379. The minimum atomic E-state index is -0.331. The third-order valence-corrected chi connectivity index (χ3v) is 5.32. The van der Waals surface area contributed by atoms with Gasteiger partial charge >= 0.3 is 0 Å². The molecule has 1 aliphatic heterocycles. The third-order valence-electron chi connectivity index (χ3n) is 4.79. The fourth-order valence-corrected chi connectivity index (χ4v) is 3.63. The maximum Gasteiger partial charge on any atom is 0.244 e. The van der Waals surface area contributed by atoms with E-state index in [2.05, 4.69) is 51.3 Å². The first-order valence-electron chi connectivity index (χ1n) is 8.63. The van der Waals surface area contributed by atoms with Gasteiger partial charge in [0.05, 0.1) is 17.2 Å². The molecule has 27 heavy (non-hydrogen) atoms. The summed E-state index contributed by atoms with van der Waals surface area (Å²) in [4.78, 5) is 0. The Morgan fingerprint density at radius 1 is 1.19 bits per heavy atom. The Bertz CT molecular complexity index is 1060. The minimum absolute atomic E-state index is 0.100. The fourth-order valence-electron chi connectivity index (χ4n) is 3.36. The summed E-state index contributed by atoms with van der Waals surface area (Å²) in [6.07, 6.45) is 0.957. The number of H-pyrrole nitrogens is 1. The van der Waals surface area contributed by atoms with Crippen molar-refractivity contribution in [3.63, 3.8) is 0 Å². The molecule has 0 unspecified atom stereocenters. The van der Waals surface area contributed by atoms with E-state index >= 15 is 0 Å². The van der Waals surface area contributed by atoms with E-state index in [1.165, 1.54) is 5.56 Å². The highest BCUT2D eigenvalue weighted by Gasteiger charge is 2.35. The topological polar surface area (TPSA) is 87.7 Å². The van der Waals surface area contributed by atoms with E-state index < -0.39 is 0 Å². The molecule has 3 N–H and O–H groups in total. The predicted molar refractivity (Wildman–Crippen MR) is 107 cm³/mol. The lowest BCUT2D eigenvalue weighted by Gasteiger charge is -2.24. The smallest absolute Gasteiger partial charge is 0.244 e. The molecule has 0 amide bonds. The van der Waals surface area contributed by atoms with E-state index in [0.717, 1.165) is 33.3 Å². The molecule has 0 saturated heterocycles. The van der Waals surface area contributed by atoms with Crippen LogP contribution in [0.15, 0.2) is 64.5 Å². The van der Waals surface area contributed by atoms with Crippen molar-refractivity contribution in [3.05, 3.63) is 81.2 Å². The molecule has 0 spiro atoms. The fraction of sp³-hybridized carbons (Fsp3) is 0.143. The van der Waals surface area contributed by atoms with Gasteiger partial charge in [-0.15, -0.1) is 5.10 Å². The van der Waals surface area contributed by atoms with E-state index in [-0.39, 0.29) is 11.8 Å². The van der Waals surface area contributed by atoms with Crippen LogP contribution in [-0.2, 0) is 6.42 Å². The Balaban J connectivity index is 1.90. The molecule has 1 aromatic heterocycles. The average molecular weight is 421 g/mol. The normalized spacial score (nSPS) is 15.8. The van der Waals surface area contributed by atoms with Crippen molar-refractivity contribution >= 4 is 15.9 Å². The van der Waals surface area contributed by atoms with Gasteiger partial charge in [0, 0.05) is 10.0 Å². The number of nitrogens with two attached hydrogens (primary N) is 1. The zero-order chi connectivity index (χ0) is 19.0. The third kappa shape index (κ3) is 3.00. The number of rotatable bonds is 3. The van der Waals surface area contributed by atoms with Gasteiger partial charge in [0.15, 0.2) is 0 Å². The van der Waals surface area contributed by atoms with Crippen molar-refractivity contribution in [3.8, 4) is 23.2 Å². The molecule has 1 atom stereocenters. The lowest BCUT2D eigenvalue weighted by atomic mass is 9.82. The largest absolute Gasteiger partial charge is 0.420 e. The Labute approximate surface area is 165 Å². The van der Waals surface area contributed by atoms with Crippen LogP contribution in [0.25, 0.3) is 11.3 Å². The van der Waals surface area contributed by atoms with Crippen LogP contribution in [0.3, 0.4) is 0 Å². The number of hydrogen-bond acceptors (Lipinski definition) is 4. The molecule has 3 aromatic rings. The van der Waals surface area contributed by atoms with Crippen molar-refractivity contribution in [2.75, 3.05) is 0 Å². The van der Waals surface area contributed by atoms with Gasteiger partial charge in [-0.3, -0.25) is 5.10 Å². The van der Waals surface area contributed by atoms with Crippen LogP contribution in [0, 0.1) is 11.3 Å². The second-order valence-corrected chi connectivity index (χ2v) is 7.26. The van der Waals surface area contributed by atoms with Gasteiger partial charge in [0.25, 0.3) is 0 Å². The van der Waals surface area contributed by atoms with Gasteiger partial charge in [-0.2, -0.15) is 5.26 Å². The SMILES string of the molecule is CCc1ccc([C@H]2C(C#N)=C(N)Oc3n[nH]c(-c4ccc(Br)cc4)c32)cc1. The molecule has 0 saturated carbocycles. The highest BCUT2D eigenvalue weighted by molar-refractivity contribution is 9.10. The van der Waals surface area contributed by atoms with E-state index in [1.807, 2.05) is 36.4 Å². The highest BCUT2D eigenvalue weighted by atomic mass is 79.9. The first-order valence-corrected chi connectivity index (χ1v) is 9.42. The van der Waals surface area contributed by atoms with Gasteiger partial charge in [-0.05, 0) is 29.7 Å².